The lowest BCUT2D eigenvalue weighted by molar-refractivity contribution is -0.141. The van der Waals surface area contributed by atoms with E-state index >= 15 is 0 Å². The molecule has 3 amide bonds. The standard InChI is InChI=1S/C34H41ClN4O4.ClH/c1-21-9-7-14-26(22(21)2)37-32(41)30-34-16-15-27(43-34)28(31(40)36-25-13-8-12-24(35)19-25)29(34)33(42)39(30)18-17-38(3)20-23-10-5-4-6-11-23;/h4-6,8,10-13,15-16,19,21-22,26-30H,7,9,14,17-18,20H2,1-3H3,(H,36,40)(H,37,41);1H/t21?,22?,26?,27-,28?,29-,30?,34?;/m1./s1. The summed E-state index contributed by atoms with van der Waals surface area (Å²) in [5.74, 6) is -1.43. The maximum Gasteiger partial charge on any atom is 0.246 e. The first-order valence-corrected chi connectivity index (χ1v) is 15.8. The number of ether oxygens (including phenoxy) is 1. The van der Waals surface area contributed by atoms with Crippen molar-refractivity contribution in [3.63, 3.8) is 0 Å². The Morgan fingerprint density at radius 1 is 1.09 bits per heavy atom. The van der Waals surface area contributed by atoms with Crippen LogP contribution in [-0.4, -0.2) is 71.4 Å². The molecule has 2 aromatic rings. The monoisotopic (exact) mass is 640 g/mol. The Labute approximate surface area is 270 Å². The number of nitrogens with one attached hydrogen (secondary N) is 2. The molecule has 6 rings (SSSR count). The van der Waals surface area contributed by atoms with Crippen molar-refractivity contribution in [2.24, 2.45) is 23.7 Å². The van der Waals surface area contributed by atoms with Gasteiger partial charge in [-0.1, -0.05) is 86.8 Å². The average Bonchev–Trinajstić information content (AvgIpc) is 3.62. The van der Waals surface area contributed by atoms with Crippen LogP contribution in [0.5, 0.6) is 0 Å². The van der Waals surface area contributed by atoms with Crippen LogP contribution in [0.2, 0.25) is 5.02 Å². The topological polar surface area (TPSA) is 91.0 Å². The van der Waals surface area contributed by atoms with E-state index in [4.69, 9.17) is 16.3 Å². The third-order valence-corrected chi connectivity index (χ3v) is 10.3. The maximum atomic E-state index is 14.3. The van der Waals surface area contributed by atoms with Gasteiger partial charge in [0, 0.05) is 36.4 Å². The molecule has 236 valence electrons. The van der Waals surface area contributed by atoms with E-state index in [1.54, 1.807) is 29.2 Å². The van der Waals surface area contributed by atoms with Crippen LogP contribution in [0.25, 0.3) is 0 Å². The molecule has 1 aliphatic carbocycles. The van der Waals surface area contributed by atoms with E-state index in [9.17, 15) is 14.4 Å². The lowest BCUT2D eigenvalue weighted by atomic mass is 9.73. The van der Waals surface area contributed by atoms with E-state index < -0.39 is 29.6 Å². The van der Waals surface area contributed by atoms with Gasteiger partial charge in [-0.3, -0.25) is 14.4 Å². The van der Waals surface area contributed by atoms with Gasteiger partial charge < -0.3 is 25.2 Å². The van der Waals surface area contributed by atoms with Gasteiger partial charge in [0.05, 0.1) is 17.9 Å². The van der Waals surface area contributed by atoms with Crippen LogP contribution in [-0.2, 0) is 25.7 Å². The van der Waals surface area contributed by atoms with Crippen LogP contribution in [0.3, 0.4) is 0 Å². The number of nitrogens with zero attached hydrogens (tertiary/aromatic N) is 2. The minimum atomic E-state index is -1.19. The molecule has 2 saturated heterocycles. The lowest BCUT2D eigenvalue weighted by Gasteiger charge is -2.38. The number of hydrogen-bond acceptors (Lipinski definition) is 5. The van der Waals surface area contributed by atoms with Crippen molar-refractivity contribution in [2.75, 3.05) is 25.5 Å². The van der Waals surface area contributed by atoms with Crippen LogP contribution in [0, 0.1) is 23.7 Å². The summed E-state index contributed by atoms with van der Waals surface area (Å²) in [5.41, 5.74) is 0.535. The van der Waals surface area contributed by atoms with Gasteiger partial charge in [-0.05, 0) is 49.1 Å². The summed E-state index contributed by atoms with van der Waals surface area (Å²) in [4.78, 5) is 46.1. The normalized spacial score (nSPS) is 32.0. The van der Waals surface area contributed by atoms with Crippen molar-refractivity contribution >= 4 is 47.4 Å². The molecule has 6 unspecified atom stereocenters. The van der Waals surface area contributed by atoms with Crippen LogP contribution < -0.4 is 10.6 Å². The Bertz CT molecular complexity index is 1410. The van der Waals surface area contributed by atoms with E-state index in [0.29, 0.717) is 35.6 Å². The minimum Gasteiger partial charge on any atom is -0.359 e. The fraction of sp³-hybridized carbons (Fsp3) is 0.500. The second-order valence-corrected chi connectivity index (χ2v) is 13.3. The number of likely N-dealkylation sites (tertiary alicyclic amines) is 1. The van der Waals surface area contributed by atoms with Gasteiger partial charge in [0.15, 0.2) is 0 Å². The summed E-state index contributed by atoms with van der Waals surface area (Å²) in [6, 6.07) is 16.3. The van der Waals surface area contributed by atoms with Crippen molar-refractivity contribution in [1.82, 2.24) is 15.1 Å². The largest absolute Gasteiger partial charge is 0.359 e. The van der Waals surface area contributed by atoms with Gasteiger partial charge in [-0.2, -0.15) is 0 Å². The smallest absolute Gasteiger partial charge is 0.246 e. The summed E-state index contributed by atoms with van der Waals surface area (Å²) in [6.07, 6.45) is 6.26. The van der Waals surface area contributed by atoms with Crippen LogP contribution in [0.1, 0.15) is 38.7 Å². The van der Waals surface area contributed by atoms with Gasteiger partial charge in [-0.25, -0.2) is 0 Å². The number of carbonyl (C=O) groups excluding carboxylic acids is 3. The Morgan fingerprint density at radius 3 is 2.61 bits per heavy atom. The van der Waals surface area contributed by atoms with Crippen LogP contribution >= 0.6 is 24.0 Å². The molecule has 3 aliphatic heterocycles. The van der Waals surface area contributed by atoms with Gasteiger partial charge in [-0.15, -0.1) is 12.4 Å². The molecule has 3 heterocycles. The number of halogens is 2. The zero-order chi connectivity index (χ0) is 30.3. The molecular formula is C34H42Cl2N4O4. The highest BCUT2D eigenvalue weighted by Crippen LogP contribution is 2.55. The lowest BCUT2D eigenvalue weighted by Crippen LogP contribution is -2.58. The number of carbonyl (C=O) groups is 3. The fourth-order valence-electron chi connectivity index (χ4n) is 7.60. The predicted octanol–water partition coefficient (Wildman–Crippen LogP) is 4.92. The van der Waals surface area contributed by atoms with E-state index in [1.165, 1.54) is 5.56 Å². The van der Waals surface area contributed by atoms with Crippen molar-refractivity contribution in [2.45, 2.75) is 63.4 Å². The minimum absolute atomic E-state index is 0. The molecule has 1 saturated carbocycles. The van der Waals surface area contributed by atoms with Crippen molar-refractivity contribution in [1.29, 1.82) is 0 Å². The van der Waals surface area contributed by atoms with Gasteiger partial charge in [0.1, 0.15) is 11.6 Å². The first-order valence-electron chi connectivity index (χ1n) is 15.4. The molecule has 2 aromatic carbocycles. The molecule has 8 nitrogen and oxygen atoms in total. The molecule has 8 atom stereocenters. The van der Waals surface area contributed by atoms with Crippen LogP contribution in [0.4, 0.5) is 5.69 Å². The molecule has 0 radical (unpaired) electrons. The number of benzene rings is 2. The molecule has 2 N–H and O–H groups in total. The highest BCUT2D eigenvalue weighted by molar-refractivity contribution is 6.30. The zero-order valence-corrected chi connectivity index (χ0v) is 27.0. The molecule has 4 aliphatic rings. The molecular weight excluding hydrogens is 599 g/mol. The van der Waals surface area contributed by atoms with Gasteiger partial charge in [0.2, 0.25) is 17.7 Å². The Morgan fingerprint density at radius 2 is 1.86 bits per heavy atom. The summed E-state index contributed by atoms with van der Waals surface area (Å²) in [7, 11) is 2.01. The summed E-state index contributed by atoms with van der Waals surface area (Å²) in [6.45, 7) is 6.06. The Hall–Kier alpha value is -2.91. The quantitative estimate of drug-likeness (QED) is 0.380. The predicted molar refractivity (Wildman–Crippen MR) is 173 cm³/mol. The molecule has 2 bridgehead atoms. The number of anilines is 1. The fourth-order valence-corrected chi connectivity index (χ4v) is 7.79. The molecule has 0 aromatic heterocycles. The maximum absolute atomic E-state index is 14.3. The highest BCUT2D eigenvalue weighted by atomic mass is 35.5. The summed E-state index contributed by atoms with van der Waals surface area (Å²) in [5, 5.41) is 6.76. The number of fused-ring (bicyclic) bond motifs is 1. The van der Waals surface area contributed by atoms with Crippen molar-refractivity contribution < 1.29 is 19.1 Å². The Balaban J connectivity index is 0.00000384. The van der Waals surface area contributed by atoms with E-state index in [0.717, 1.165) is 25.8 Å². The van der Waals surface area contributed by atoms with E-state index in [-0.39, 0.29) is 36.2 Å². The molecule has 44 heavy (non-hydrogen) atoms. The summed E-state index contributed by atoms with van der Waals surface area (Å²) >= 11 is 6.15. The SMILES string of the molecule is CC1CCCC(NC(=O)C2N(CCN(C)Cc3ccccc3)C(=O)[C@H]3C(C(=O)Nc4cccc(Cl)c4)[C@H]4C=CC23O4)C1C.Cl. The van der Waals surface area contributed by atoms with Crippen molar-refractivity contribution in [3.8, 4) is 0 Å². The number of hydrogen-bond donors (Lipinski definition) is 2. The van der Waals surface area contributed by atoms with Crippen molar-refractivity contribution in [3.05, 3.63) is 77.3 Å². The molecule has 3 fully saturated rings. The van der Waals surface area contributed by atoms with Gasteiger partial charge >= 0.3 is 0 Å². The molecule has 10 heteroatoms. The highest BCUT2D eigenvalue weighted by Gasteiger charge is 2.72. The average molecular weight is 642 g/mol. The number of likely N-dealkylation sites (N-methyl/N-ethyl adjacent to an activating group) is 1. The Kier molecular flexibility index (Phi) is 9.75. The third kappa shape index (κ3) is 6.02. The third-order valence-electron chi connectivity index (χ3n) is 10.1. The first kappa shape index (κ1) is 32.5. The summed E-state index contributed by atoms with van der Waals surface area (Å²) < 4.78 is 6.52. The first-order chi connectivity index (χ1) is 20.7. The number of amides is 3. The zero-order valence-electron chi connectivity index (χ0n) is 25.4. The number of rotatable bonds is 9. The van der Waals surface area contributed by atoms with Crippen LogP contribution in [0.15, 0.2) is 66.7 Å². The van der Waals surface area contributed by atoms with E-state index in [2.05, 4.69) is 41.5 Å². The second kappa shape index (κ2) is 13.2. The second-order valence-electron chi connectivity index (χ2n) is 12.8. The molecule has 1 spiro atoms. The van der Waals surface area contributed by atoms with Gasteiger partial charge in [0.25, 0.3) is 0 Å². The van der Waals surface area contributed by atoms with E-state index in [1.807, 2.05) is 37.4 Å².